The van der Waals surface area contributed by atoms with E-state index in [1.807, 2.05) is 24.3 Å². The van der Waals surface area contributed by atoms with Gasteiger partial charge in [0.15, 0.2) is 5.78 Å². The molecule has 1 aliphatic carbocycles. The first-order chi connectivity index (χ1) is 12.0. The maximum Gasteiger partial charge on any atom is 0.303 e. The lowest BCUT2D eigenvalue weighted by Gasteiger charge is -2.16. The standard InChI is InChI=1S/C20H30O5/c1-2-3-6-9-14(21)12-13-16-15(18(24)20-19(16)25-20)10-7-4-5-8-11-17(22)23/h4,7,12-16,19-21H,2-3,5-6,8-11H2,1H3,(H,22,23)/t14-,15+,16+,19-,20-/m0/s1. The van der Waals surface area contributed by atoms with Gasteiger partial charge in [-0.1, -0.05) is 50.5 Å². The number of aliphatic hydroxyl groups excluding tert-OH is 1. The van der Waals surface area contributed by atoms with E-state index in [1.165, 1.54) is 0 Å². The maximum atomic E-state index is 12.3. The van der Waals surface area contributed by atoms with Gasteiger partial charge in [0.25, 0.3) is 0 Å². The summed E-state index contributed by atoms with van der Waals surface area (Å²) in [5.41, 5.74) is 0. The van der Waals surface area contributed by atoms with Gasteiger partial charge in [0.05, 0.1) is 12.2 Å². The summed E-state index contributed by atoms with van der Waals surface area (Å²) in [6.45, 7) is 2.14. The molecule has 2 fully saturated rings. The summed E-state index contributed by atoms with van der Waals surface area (Å²) in [6.07, 6.45) is 13.2. The number of allylic oxidation sites excluding steroid dienone is 2. The Kier molecular flexibility index (Phi) is 7.85. The number of carboxylic acids is 1. The van der Waals surface area contributed by atoms with Gasteiger partial charge in [-0.05, 0) is 25.7 Å². The number of aliphatic carboxylic acids is 1. The van der Waals surface area contributed by atoms with E-state index in [0.29, 0.717) is 19.3 Å². The average molecular weight is 350 g/mol. The fourth-order valence-corrected chi connectivity index (χ4v) is 3.48. The molecule has 0 radical (unpaired) electrons. The Hall–Kier alpha value is -1.46. The smallest absolute Gasteiger partial charge is 0.303 e. The van der Waals surface area contributed by atoms with Crippen molar-refractivity contribution in [3.63, 3.8) is 0 Å². The predicted octanol–water partition coefficient (Wildman–Crippen LogP) is 3.27. The molecule has 0 aromatic heterocycles. The minimum absolute atomic E-state index is 0.0167. The zero-order valence-electron chi connectivity index (χ0n) is 15.0. The zero-order chi connectivity index (χ0) is 18.2. The summed E-state index contributed by atoms with van der Waals surface area (Å²) in [7, 11) is 0. The van der Waals surface area contributed by atoms with E-state index >= 15 is 0 Å². The van der Waals surface area contributed by atoms with E-state index in [9.17, 15) is 14.7 Å². The van der Waals surface area contributed by atoms with E-state index < -0.39 is 12.1 Å². The molecule has 140 valence electrons. The van der Waals surface area contributed by atoms with Gasteiger partial charge in [0, 0.05) is 18.3 Å². The van der Waals surface area contributed by atoms with Crippen LogP contribution in [-0.4, -0.2) is 40.3 Å². The summed E-state index contributed by atoms with van der Waals surface area (Å²) in [5, 5.41) is 18.6. The van der Waals surface area contributed by atoms with Gasteiger partial charge in [0.1, 0.15) is 6.10 Å². The largest absolute Gasteiger partial charge is 0.481 e. The van der Waals surface area contributed by atoms with E-state index in [2.05, 4.69) is 6.92 Å². The third kappa shape index (κ3) is 6.08. The number of aliphatic hydroxyl groups is 1. The molecule has 2 rings (SSSR count). The van der Waals surface area contributed by atoms with Gasteiger partial charge in [-0.25, -0.2) is 0 Å². The van der Waals surface area contributed by atoms with Crippen molar-refractivity contribution in [3.8, 4) is 0 Å². The van der Waals surface area contributed by atoms with Crippen molar-refractivity contribution in [1.29, 1.82) is 0 Å². The van der Waals surface area contributed by atoms with Gasteiger partial charge in [0.2, 0.25) is 0 Å². The number of hydrogen-bond donors (Lipinski definition) is 2. The molecule has 5 atom stereocenters. The summed E-state index contributed by atoms with van der Waals surface area (Å²) < 4.78 is 5.44. The van der Waals surface area contributed by atoms with E-state index in [-0.39, 0.29) is 36.2 Å². The van der Waals surface area contributed by atoms with Crippen LogP contribution < -0.4 is 0 Å². The number of hydrogen-bond acceptors (Lipinski definition) is 4. The Bertz CT molecular complexity index is 510. The van der Waals surface area contributed by atoms with Gasteiger partial charge in [-0.3, -0.25) is 9.59 Å². The number of ether oxygens (including phenoxy) is 1. The van der Waals surface area contributed by atoms with Gasteiger partial charge in [-0.2, -0.15) is 0 Å². The van der Waals surface area contributed by atoms with Gasteiger partial charge in [-0.15, -0.1) is 0 Å². The number of rotatable bonds is 12. The fourth-order valence-electron chi connectivity index (χ4n) is 3.48. The van der Waals surface area contributed by atoms with Crippen LogP contribution in [0.5, 0.6) is 0 Å². The number of fused-ring (bicyclic) bond motifs is 1. The highest BCUT2D eigenvalue weighted by atomic mass is 16.6. The van der Waals surface area contributed by atoms with Crippen LogP contribution in [0.4, 0.5) is 0 Å². The first-order valence-electron chi connectivity index (χ1n) is 9.47. The first-order valence-corrected chi connectivity index (χ1v) is 9.47. The van der Waals surface area contributed by atoms with E-state index in [0.717, 1.165) is 25.7 Å². The van der Waals surface area contributed by atoms with Gasteiger partial charge >= 0.3 is 5.97 Å². The second-order valence-corrected chi connectivity index (χ2v) is 7.05. The Morgan fingerprint density at radius 1 is 1.28 bits per heavy atom. The zero-order valence-corrected chi connectivity index (χ0v) is 15.0. The molecule has 1 heterocycles. The summed E-state index contributed by atoms with van der Waals surface area (Å²) in [4.78, 5) is 22.8. The molecule has 2 N–H and O–H groups in total. The van der Waals surface area contributed by atoms with E-state index in [4.69, 9.17) is 9.84 Å². The van der Waals surface area contributed by atoms with Gasteiger partial charge < -0.3 is 14.9 Å². The molecular formula is C20H30O5. The summed E-state index contributed by atoms with van der Waals surface area (Å²) >= 11 is 0. The van der Waals surface area contributed by atoms with Crippen LogP contribution in [-0.2, 0) is 14.3 Å². The molecule has 25 heavy (non-hydrogen) atoms. The maximum absolute atomic E-state index is 12.3. The highest BCUT2D eigenvalue weighted by Crippen LogP contribution is 2.46. The first kappa shape index (κ1) is 19.9. The molecule has 2 aliphatic rings. The van der Waals surface area contributed by atoms with Crippen molar-refractivity contribution in [2.45, 2.75) is 76.6 Å². The highest BCUT2D eigenvalue weighted by Gasteiger charge is 2.60. The normalized spacial score (nSPS) is 29.4. The SMILES string of the molecule is CCCCC[C@H](O)C=C[C@H]1[C@@H]2O[C@H]2C(=O)[C@@H]1CC=CCCCC(=O)O. The molecule has 1 saturated heterocycles. The summed E-state index contributed by atoms with van der Waals surface area (Å²) in [5.74, 6) is -0.657. The third-order valence-electron chi connectivity index (χ3n) is 4.99. The van der Waals surface area contributed by atoms with Crippen molar-refractivity contribution in [1.82, 2.24) is 0 Å². The highest BCUT2D eigenvalue weighted by molar-refractivity contribution is 5.92. The molecule has 1 saturated carbocycles. The Morgan fingerprint density at radius 3 is 2.80 bits per heavy atom. The molecule has 1 aliphatic heterocycles. The number of carbonyl (C=O) groups excluding carboxylic acids is 1. The lowest BCUT2D eigenvalue weighted by molar-refractivity contribution is -0.137. The van der Waals surface area contributed by atoms with Crippen LogP contribution in [0.1, 0.15) is 58.3 Å². The number of carboxylic acid groups (broad SMARTS) is 1. The number of carbonyl (C=O) groups is 2. The number of Topliss-reactive ketones (excluding diaryl/α,β-unsaturated/α-hetero) is 1. The number of unbranched alkanes of at least 4 members (excludes halogenated alkanes) is 3. The van der Waals surface area contributed by atoms with Crippen LogP contribution in [0.25, 0.3) is 0 Å². The molecule has 0 aromatic rings. The minimum atomic E-state index is -0.778. The van der Waals surface area contributed by atoms with Crippen LogP contribution in [0.3, 0.4) is 0 Å². The molecule has 0 amide bonds. The topological polar surface area (TPSA) is 87.1 Å². The minimum Gasteiger partial charge on any atom is -0.481 e. The second kappa shape index (κ2) is 9.88. The molecule has 5 nitrogen and oxygen atoms in total. The lowest BCUT2D eigenvalue weighted by Crippen LogP contribution is -2.20. The van der Waals surface area contributed by atoms with Crippen molar-refractivity contribution in [2.75, 3.05) is 0 Å². The third-order valence-corrected chi connectivity index (χ3v) is 4.99. The lowest BCUT2D eigenvalue weighted by atomic mass is 9.90. The fraction of sp³-hybridized carbons (Fsp3) is 0.700. The number of epoxide rings is 1. The van der Waals surface area contributed by atoms with Crippen molar-refractivity contribution in [3.05, 3.63) is 24.3 Å². The number of ketones is 1. The summed E-state index contributed by atoms with van der Waals surface area (Å²) in [6, 6.07) is 0. The monoisotopic (exact) mass is 350 g/mol. The van der Waals surface area contributed by atoms with Crippen LogP contribution in [0.15, 0.2) is 24.3 Å². The average Bonchev–Trinajstić information content (AvgIpc) is 3.31. The molecular weight excluding hydrogens is 320 g/mol. The van der Waals surface area contributed by atoms with E-state index in [1.54, 1.807) is 0 Å². The molecule has 5 heteroatoms. The Balaban J connectivity index is 1.79. The van der Waals surface area contributed by atoms with Crippen LogP contribution in [0.2, 0.25) is 0 Å². The molecule has 0 bridgehead atoms. The van der Waals surface area contributed by atoms with Crippen LogP contribution in [0, 0.1) is 11.8 Å². The predicted molar refractivity (Wildman–Crippen MR) is 95.2 cm³/mol. The van der Waals surface area contributed by atoms with Crippen molar-refractivity contribution in [2.24, 2.45) is 11.8 Å². The Labute approximate surface area is 149 Å². The molecule has 0 aromatic carbocycles. The van der Waals surface area contributed by atoms with Crippen molar-refractivity contribution >= 4 is 11.8 Å². The van der Waals surface area contributed by atoms with Crippen molar-refractivity contribution < 1.29 is 24.5 Å². The van der Waals surface area contributed by atoms with Crippen LogP contribution >= 0.6 is 0 Å². The second-order valence-electron chi connectivity index (χ2n) is 7.05. The Morgan fingerprint density at radius 2 is 2.08 bits per heavy atom. The molecule has 0 unspecified atom stereocenters. The molecule has 0 spiro atoms. The quantitative estimate of drug-likeness (QED) is 0.320.